The molecule has 0 saturated heterocycles. The van der Waals surface area contributed by atoms with Crippen LogP contribution >= 0.6 is 0 Å². The Morgan fingerprint density at radius 2 is 1.96 bits per heavy atom. The van der Waals surface area contributed by atoms with Crippen molar-refractivity contribution >= 4 is 11.6 Å². The van der Waals surface area contributed by atoms with Gasteiger partial charge in [-0.15, -0.1) is 0 Å². The summed E-state index contributed by atoms with van der Waals surface area (Å²) in [4.78, 5) is 12.5. The lowest BCUT2D eigenvalue weighted by Gasteiger charge is -2.11. The number of nitrogens with zero attached hydrogens (tertiary/aromatic N) is 1. The van der Waals surface area contributed by atoms with E-state index >= 15 is 0 Å². The first-order valence-electron chi connectivity index (χ1n) is 8.17. The number of carbonyl (C=O) groups is 1. The third kappa shape index (κ3) is 3.85. The summed E-state index contributed by atoms with van der Waals surface area (Å²) in [6, 6.07) is 14.3. The number of hydrogen-bond acceptors (Lipinski definition) is 5. The van der Waals surface area contributed by atoms with Gasteiger partial charge in [0.25, 0.3) is 5.91 Å². The Labute approximate surface area is 151 Å². The zero-order valence-electron chi connectivity index (χ0n) is 14.9. The number of anilines is 1. The number of nitrogens with one attached hydrogen (secondary N) is 1. The Morgan fingerprint density at radius 1 is 1.15 bits per heavy atom. The second-order valence-corrected chi connectivity index (χ2v) is 5.77. The maximum Gasteiger partial charge on any atom is 0.255 e. The van der Waals surface area contributed by atoms with E-state index in [1.807, 2.05) is 26.0 Å². The highest BCUT2D eigenvalue weighted by molar-refractivity contribution is 6.05. The minimum absolute atomic E-state index is 0.239. The van der Waals surface area contributed by atoms with E-state index in [4.69, 9.17) is 14.0 Å². The van der Waals surface area contributed by atoms with Crippen LogP contribution in [0, 0.1) is 13.8 Å². The fraction of sp³-hybridized carbons (Fsp3) is 0.200. The summed E-state index contributed by atoms with van der Waals surface area (Å²) < 4.78 is 16.2. The van der Waals surface area contributed by atoms with Crippen LogP contribution in [0.2, 0.25) is 0 Å². The lowest BCUT2D eigenvalue weighted by molar-refractivity contribution is 0.102. The van der Waals surface area contributed by atoms with Crippen LogP contribution in [-0.2, 0) is 6.61 Å². The zero-order chi connectivity index (χ0) is 18.5. The van der Waals surface area contributed by atoms with Gasteiger partial charge in [-0.25, -0.2) is 0 Å². The van der Waals surface area contributed by atoms with Crippen molar-refractivity contribution in [1.29, 1.82) is 0 Å². The number of amides is 1. The van der Waals surface area contributed by atoms with Crippen LogP contribution in [0.5, 0.6) is 11.5 Å². The summed E-state index contributed by atoms with van der Waals surface area (Å²) in [6.45, 7) is 4.04. The largest absolute Gasteiger partial charge is 0.495 e. The predicted octanol–water partition coefficient (Wildman–Crippen LogP) is 4.13. The number of para-hydroxylation sites is 2. The van der Waals surface area contributed by atoms with Crippen LogP contribution < -0.4 is 14.8 Å². The van der Waals surface area contributed by atoms with Gasteiger partial charge in [0.1, 0.15) is 23.9 Å². The molecule has 0 bridgehead atoms. The van der Waals surface area contributed by atoms with Crippen molar-refractivity contribution < 1.29 is 18.8 Å². The van der Waals surface area contributed by atoms with E-state index in [2.05, 4.69) is 10.5 Å². The van der Waals surface area contributed by atoms with Gasteiger partial charge >= 0.3 is 0 Å². The molecule has 2 aromatic carbocycles. The van der Waals surface area contributed by atoms with E-state index < -0.39 is 0 Å². The monoisotopic (exact) mass is 352 g/mol. The minimum atomic E-state index is -0.239. The lowest BCUT2D eigenvalue weighted by Crippen LogP contribution is -2.12. The maximum atomic E-state index is 12.5. The van der Waals surface area contributed by atoms with Gasteiger partial charge in [-0.3, -0.25) is 4.79 Å². The summed E-state index contributed by atoms with van der Waals surface area (Å²) in [5, 5.41) is 6.75. The van der Waals surface area contributed by atoms with Gasteiger partial charge in [0.05, 0.1) is 24.1 Å². The second kappa shape index (κ2) is 7.74. The first-order valence-corrected chi connectivity index (χ1v) is 8.17. The molecule has 1 heterocycles. The van der Waals surface area contributed by atoms with E-state index in [1.54, 1.807) is 43.5 Å². The fourth-order valence-corrected chi connectivity index (χ4v) is 2.53. The molecule has 0 saturated carbocycles. The highest BCUT2D eigenvalue weighted by Gasteiger charge is 2.12. The van der Waals surface area contributed by atoms with Gasteiger partial charge < -0.3 is 19.3 Å². The molecule has 0 aliphatic carbocycles. The van der Waals surface area contributed by atoms with E-state index in [0.29, 0.717) is 29.4 Å². The molecule has 134 valence electrons. The molecule has 0 fully saturated rings. The van der Waals surface area contributed by atoms with E-state index in [0.717, 1.165) is 17.0 Å². The summed E-state index contributed by atoms with van der Waals surface area (Å²) in [5.74, 6) is 1.69. The SMILES string of the molecule is COc1ccccc1NC(=O)c1cccc(OCc2c(C)noc2C)c1. The summed E-state index contributed by atoms with van der Waals surface area (Å²) >= 11 is 0. The number of rotatable bonds is 6. The lowest BCUT2D eigenvalue weighted by atomic mass is 10.2. The van der Waals surface area contributed by atoms with Crippen LogP contribution in [0.15, 0.2) is 53.1 Å². The minimum Gasteiger partial charge on any atom is -0.495 e. The molecule has 26 heavy (non-hydrogen) atoms. The number of carbonyl (C=O) groups excluding carboxylic acids is 1. The molecule has 1 amide bonds. The van der Waals surface area contributed by atoms with Crippen LogP contribution in [0.3, 0.4) is 0 Å². The smallest absolute Gasteiger partial charge is 0.255 e. The molecule has 1 aromatic heterocycles. The van der Waals surface area contributed by atoms with Crippen LogP contribution in [0.25, 0.3) is 0 Å². The number of benzene rings is 2. The Bertz CT molecular complexity index is 898. The first-order chi connectivity index (χ1) is 12.6. The van der Waals surface area contributed by atoms with Crippen LogP contribution in [0.4, 0.5) is 5.69 Å². The Balaban J connectivity index is 1.71. The van der Waals surface area contributed by atoms with Crippen molar-refractivity contribution in [2.45, 2.75) is 20.5 Å². The van der Waals surface area contributed by atoms with Crippen LogP contribution in [-0.4, -0.2) is 18.2 Å². The molecule has 0 aliphatic rings. The molecule has 0 spiro atoms. The molecule has 0 aliphatic heterocycles. The third-order valence-electron chi connectivity index (χ3n) is 4.02. The molecular weight excluding hydrogens is 332 g/mol. The fourth-order valence-electron chi connectivity index (χ4n) is 2.53. The van der Waals surface area contributed by atoms with Gasteiger partial charge in [0.15, 0.2) is 0 Å². The molecule has 0 atom stereocenters. The highest BCUT2D eigenvalue weighted by Crippen LogP contribution is 2.24. The number of aromatic nitrogens is 1. The van der Waals surface area contributed by atoms with Crippen molar-refractivity contribution in [2.75, 3.05) is 12.4 Å². The number of hydrogen-bond donors (Lipinski definition) is 1. The van der Waals surface area contributed by atoms with E-state index in [9.17, 15) is 4.79 Å². The van der Waals surface area contributed by atoms with Gasteiger partial charge in [0, 0.05) is 5.56 Å². The van der Waals surface area contributed by atoms with Gasteiger partial charge in [-0.05, 0) is 44.2 Å². The van der Waals surface area contributed by atoms with Crippen molar-refractivity contribution in [3.63, 3.8) is 0 Å². The molecule has 6 heteroatoms. The predicted molar refractivity (Wildman–Crippen MR) is 97.7 cm³/mol. The topological polar surface area (TPSA) is 73.6 Å². The number of ether oxygens (including phenoxy) is 2. The first kappa shape index (κ1) is 17.5. The molecule has 3 aromatic rings. The van der Waals surface area contributed by atoms with Crippen molar-refractivity contribution in [3.05, 3.63) is 71.1 Å². The third-order valence-corrected chi connectivity index (χ3v) is 4.02. The van der Waals surface area contributed by atoms with Crippen molar-refractivity contribution in [1.82, 2.24) is 5.16 Å². The van der Waals surface area contributed by atoms with E-state index in [-0.39, 0.29) is 5.91 Å². The molecule has 6 nitrogen and oxygen atoms in total. The summed E-state index contributed by atoms with van der Waals surface area (Å²) in [5.41, 5.74) is 2.82. The summed E-state index contributed by atoms with van der Waals surface area (Å²) in [6.07, 6.45) is 0. The average molecular weight is 352 g/mol. The average Bonchev–Trinajstić information content (AvgIpc) is 2.98. The Hall–Kier alpha value is -3.28. The van der Waals surface area contributed by atoms with E-state index in [1.165, 1.54) is 0 Å². The molecule has 0 unspecified atom stereocenters. The maximum absolute atomic E-state index is 12.5. The van der Waals surface area contributed by atoms with Gasteiger partial charge in [-0.2, -0.15) is 0 Å². The van der Waals surface area contributed by atoms with Gasteiger partial charge in [-0.1, -0.05) is 23.4 Å². The standard InChI is InChI=1S/C20H20N2O4/c1-13-17(14(2)26-22-13)12-25-16-8-6-7-15(11-16)20(23)21-18-9-4-5-10-19(18)24-3/h4-11H,12H2,1-3H3,(H,21,23). The van der Waals surface area contributed by atoms with Crippen LogP contribution in [0.1, 0.15) is 27.4 Å². The van der Waals surface area contributed by atoms with Crippen molar-refractivity contribution in [2.24, 2.45) is 0 Å². The second-order valence-electron chi connectivity index (χ2n) is 5.77. The van der Waals surface area contributed by atoms with Crippen molar-refractivity contribution in [3.8, 4) is 11.5 Å². The Morgan fingerprint density at radius 3 is 2.69 bits per heavy atom. The summed E-state index contributed by atoms with van der Waals surface area (Å²) in [7, 11) is 1.56. The zero-order valence-corrected chi connectivity index (χ0v) is 14.9. The molecular formula is C20H20N2O4. The van der Waals surface area contributed by atoms with Gasteiger partial charge in [0.2, 0.25) is 0 Å². The quantitative estimate of drug-likeness (QED) is 0.722. The highest BCUT2D eigenvalue weighted by atomic mass is 16.5. The number of aryl methyl sites for hydroxylation is 2. The molecule has 0 radical (unpaired) electrons. The molecule has 1 N–H and O–H groups in total. The number of methoxy groups -OCH3 is 1. The Kier molecular flexibility index (Phi) is 5.22. The molecule has 3 rings (SSSR count). The normalized spacial score (nSPS) is 10.4.